The quantitative estimate of drug-likeness (QED) is 0.411. The van der Waals surface area contributed by atoms with Crippen LogP contribution in [0.25, 0.3) is 10.9 Å². The number of aromatic nitrogens is 1. The number of pyridine rings is 1. The molecule has 1 amide bonds. The molecule has 8 heteroatoms. The molecule has 4 rings (SSSR count). The van der Waals surface area contributed by atoms with Crippen molar-refractivity contribution in [2.24, 2.45) is 0 Å². The Bertz CT molecular complexity index is 1060. The summed E-state index contributed by atoms with van der Waals surface area (Å²) in [7, 11) is 0. The Morgan fingerprint density at radius 2 is 1.91 bits per heavy atom. The first-order chi connectivity index (χ1) is 16.9. The van der Waals surface area contributed by atoms with Crippen molar-refractivity contribution in [3.63, 3.8) is 0 Å². The first-order valence-corrected chi connectivity index (χ1v) is 14.2. The summed E-state index contributed by atoms with van der Waals surface area (Å²) in [5.74, 6) is 1.91. The van der Waals surface area contributed by atoms with E-state index in [1.165, 1.54) is 0 Å². The number of piperidine rings is 1. The van der Waals surface area contributed by atoms with E-state index in [0.717, 1.165) is 54.6 Å². The van der Waals surface area contributed by atoms with Crippen LogP contribution in [-0.2, 0) is 0 Å². The number of nitrogens with zero attached hydrogens (tertiary/aromatic N) is 2. The van der Waals surface area contributed by atoms with Crippen molar-refractivity contribution < 1.29 is 9.90 Å². The molecule has 7 nitrogen and oxygen atoms in total. The van der Waals surface area contributed by atoms with Gasteiger partial charge in [0.2, 0.25) is 0 Å². The molecule has 4 atom stereocenters. The minimum absolute atomic E-state index is 0.0365. The zero-order valence-corrected chi connectivity index (χ0v) is 22.0. The normalized spacial score (nSPS) is 23.2. The highest BCUT2D eigenvalue weighted by molar-refractivity contribution is 7.99. The van der Waals surface area contributed by atoms with Crippen molar-refractivity contribution >= 4 is 28.6 Å². The maximum Gasteiger partial charge on any atom is 0.264 e. The third kappa shape index (κ3) is 6.10. The molecule has 1 aromatic heterocycles. The summed E-state index contributed by atoms with van der Waals surface area (Å²) in [5, 5.41) is 18.0. The van der Waals surface area contributed by atoms with Gasteiger partial charge in [0.1, 0.15) is 5.56 Å². The number of carbonyl (C=O) groups is 1. The lowest BCUT2D eigenvalue weighted by atomic mass is 9.96. The number of hydrogen-bond donors (Lipinski definition) is 3. The maximum atomic E-state index is 13.3. The molecule has 0 spiro atoms. The molecular formula is C27H40N4O3S. The Balaban J connectivity index is 1.37. The van der Waals surface area contributed by atoms with Crippen LogP contribution in [0.15, 0.2) is 35.1 Å². The number of rotatable bonds is 11. The second-order valence-electron chi connectivity index (χ2n) is 10.2. The molecule has 2 saturated heterocycles. The zero-order valence-electron chi connectivity index (χ0n) is 21.2. The van der Waals surface area contributed by atoms with Crippen LogP contribution in [0.2, 0.25) is 0 Å². The molecular weight excluding hydrogens is 460 g/mol. The summed E-state index contributed by atoms with van der Waals surface area (Å²) in [6.45, 7) is 8.31. The lowest BCUT2D eigenvalue weighted by Crippen LogP contribution is -2.53. The molecule has 1 aromatic carbocycles. The summed E-state index contributed by atoms with van der Waals surface area (Å²) in [4.78, 5) is 28.9. The van der Waals surface area contributed by atoms with Crippen molar-refractivity contribution in [1.29, 1.82) is 0 Å². The van der Waals surface area contributed by atoms with Crippen LogP contribution >= 0.6 is 11.8 Å². The minimum Gasteiger partial charge on any atom is -0.390 e. The number of hydrogen-bond acceptors (Lipinski definition) is 6. The highest BCUT2D eigenvalue weighted by Crippen LogP contribution is 2.35. The molecule has 35 heavy (non-hydrogen) atoms. The third-order valence-electron chi connectivity index (χ3n) is 7.35. The van der Waals surface area contributed by atoms with E-state index in [0.29, 0.717) is 25.2 Å². The lowest BCUT2D eigenvalue weighted by Gasteiger charge is -2.40. The summed E-state index contributed by atoms with van der Waals surface area (Å²) in [6, 6.07) is 10.2. The molecule has 192 valence electrons. The van der Waals surface area contributed by atoms with Crippen LogP contribution in [-0.4, -0.2) is 75.9 Å². The highest BCUT2D eigenvalue weighted by atomic mass is 32.2. The Kier molecular flexibility index (Phi) is 8.92. The maximum absolute atomic E-state index is 13.3. The number of carbonyl (C=O) groups excluding carboxylic acids is 1. The molecule has 2 aliphatic heterocycles. The van der Waals surface area contributed by atoms with Crippen molar-refractivity contribution in [1.82, 2.24) is 20.1 Å². The van der Waals surface area contributed by atoms with Gasteiger partial charge in [-0.3, -0.25) is 14.5 Å². The van der Waals surface area contributed by atoms with Gasteiger partial charge in [0, 0.05) is 49.6 Å². The average Bonchev–Trinajstić information content (AvgIpc) is 3.05. The fraction of sp³-hybridized carbons (Fsp3) is 0.630. The van der Waals surface area contributed by atoms with E-state index in [2.05, 4.69) is 22.5 Å². The third-order valence-corrected chi connectivity index (χ3v) is 8.26. The largest absolute Gasteiger partial charge is 0.390 e. The summed E-state index contributed by atoms with van der Waals surface area (Å²) in [5.41, 5.74) is 0.840. The van der Waals surface area contributed by atoms with Gasteiger partial charge in [-0.25, -0.2) is 0 Å². The second kappa shape index (κ2) is 11.9. The van der Waals surface area contributed by atoms with E-state index in [1.807, 2.05) is 49.9 Å². The van der Waals surface area contributed by atoms with Crippen LogP contribution in [0.4, 0.5) is 0 Å². The molecule has 0 saturated carbocycles. The van der Waals surface area contributed by atoms with Gasteiger partial charge in [0.05, 0.1) is 11.6 Å². The second-order valence-corrected chi connectivity index (χ2v) is 11.6. The number of para-hydroxylation sites is 1. The lowest BCUT2D eigenvalue weighted by molar-refractivity contribution is 0.0506. The van der Waals surface area contributed by atoms with Gasteiger partial charge >= 0.3 is 0 Å². The van der Waals surface area contributed by atoms with Crippen molar-refractivity contribution in [2.75, 3.05) is 31.1 Å². The minimum atomic E-state index is -0.386. The van der Waals surface area contributed by atoms with E-state index in [-0.39, 0.29) is 35.2 Å². The molecule has 2 aromatic rings. The van der Waals surface area contributed by atoms with Crippen molar-refractivity contribution in [3.05, 3.63) is 46.2 Å². The fourth-order valence-corrected chi connectivity index (χ4v) is 6.36. The Labute approximate surface area is 212 Å². The van der Waals surface area contributed by atoms with Gasteiger partial charge in [-0.2, -0.15) is 11.8 Å². The standard InChI is InChI=1S/C27H40N4O3S/c1-4-35-12-11-28-16-23(32)17-30-21-9-10-22(30)15-20(14-21)29-26(33)24-13-19-7-5-6-8-25(19)31(18(2)3)27(24)34/h5-8,13,18,20-23,28,32H,4,9-12,14-17H2,1-3H3,(H,29,33)/t20?,21-,22?,23?/m0/s1. The predicted molar refractivity (Wildman–Crippen MR) is 144 cm³/mol. The Morgan fingerprint density at radius 1 is 1.20 bits per heavy atom. The molecule has 3 N–H and O–H groups in total. The van der Waals surface area contributed by atoms with E-state index in [9.17, 15) is 14.7 Å². The first-order valence-electron chi connectivity index (χ1n) is 13.1. The number of fused-ring (bicyclic) bond motifs is 3. The van der Waals surface area contributed by atoms with Crippen LogP contribution in [0.3, 0.4) is 0 Å². The molecule has 0 aliphatic carbocycles. The van der Waals surface area contributed by atoms with Gasteiger partial charge in [0.15, 0.2) is 0 Å². The van der Waals surface area contributed by atoms with E-state index >= 15 is 0 Å². The number of aliphatic hydroxyl groups excluding tert-OH is 1. The SMILES string of the molecule is CCSCCNCC(O)CN1C2CC[C@H]1CC(NC(=O)c1cc3ccccc3n(C(C)C)c1=O)C2. The van der Waals surface area contributed by atoms with Crippen molar-refractivity contribution in [3.8, 4) is 0 Å². The summed E-state index contributed by atoms with van der Waals surface area (Å²) in [6.07, 6.45) is 3.53. The first kappa shape index (κ1) is 26.2. The van der Waals surface area contributed by atoms with E-state index in [1.54, 1.807) is 10.6 Å². The molecule has 2 bridgehead atoms. The number of aliphatic hydroxyl groups is 1. The smallest absolute Gasteiger partial charge is 0.264 e. The van der Waals surface area contributed by atoms with Gasteiger partial charge in [-0.05, 0) is 62.8 Å². The van der Waals surface area contributed by atoms with Gasteiger partial charge in [0.25, 0.3) is 11.5 Å². The Morgan fingerprint density at radius 3 is 2.60 bits per heavy atom. The molecule has 3 heterocycles. The number of thioether (sulfide) groups is 1. The number of amides is 1. The highest BCUT2D eigenvalue weighted by Gasteiger charge is 2.41. The number of benzene rings is 1. The van der Waals surface area contributed by atoms with Gasteiger partial charge in [-0.15, -0.1) is 0 Å². The van der Waals surface area contributed by atoms with Crippen LogP contribution in [0.5, 0.6) is 0 Å². The van der Waals surface area contributed by atoms with Crippen LogP contribution < -0.4 is 16.2 Å². The van der Waals surface area contributed by atoms with Crippen LogP contribution in [0, 0.1) is 0 Å². The molecule has 2 fully saturated rings. The monoisotopic (exact) mass is 500 g/mol. The van der Waals surface area contributed by atoms with Crippen molar-refractivity contribution in [2.45, 2.75) is 76.7 Å². The van der Waals surface area contributed by atoms with E-state index in [4.69, 9.17) is 0 Å². The zero-order chi connectivity index (χ0) is 24.9. The molecule has 2 aliphatic rings. The topological polar surface area (TPSA) is 86.6 Å². The van der Waals surface area contributed by atoms with Gasteiger partial charge < -0.3 is 20.3 Å². The van der Waals surface area contributed by atoms with Crippen LogP contribution in [0.1, 0.15) is 62.9 Å². The Hall–Kier alpha value is -1.87. The fourth-order valence-electron chi connectivity index (χ4n) is 5.78. The van der Waals surface area contributed by atoms with Gasteiger partial charge in [-0.1, -0.05) is 25.1 Å². The average molecular weight is 501 g/mol. The predicted octanol–water partition coefficient (Wildman–Crippen LogP) is 3.01. The summed E-state index contributed by atoms with van der Waals surface area (Å²) >= 11 is 1.90. The number of nitrogens with one attached hydrogen (secondary N) is 2. The summed E-state index contributed by atoms with van der Waals surface area (Å²) < 4.78 is 1.72. The van der Waals surface area contributed by atoms with E-state index < -0.39 is 0 Å². The molecule has 0 radical (unpaired) electrons. The molecule has 3 unspecified atom stereocenters.